The summed E-state index contributed by atoms with van der Waals surface area (Å²) in [7, 11) is 0. The number of esters is 1. The van der Waals surface area contributed by atoms with Crippen LogP contribution >= 0.6 is 0 Å². The molecule has 34 heavy (non-hydrogen) atoms. The summed E-state index contributed by atoms with van der Waals surface area (Å²) in [5, 5.41) is 2.82. The van der Waals surface area contributed by atoms with Crippen molar-refractivity contribution < 1.29 is 19.1 Å². The van der Waals surface area contributed by atoms with Crippen molar-refractivity contribution in [2.75, 3.05) is 13.1 Å². The van der Waals surface area contributed by atoms with Crippen LogP contribution in [-0.2, 0) is 21.6 Å². The molecule has 6 nitrogen and oxygen atoms in total. The summed E-state index contributed by atoms with van der Waals surface area (Å²) in [6.07, 6.45) is 2.10. The van der Waals surface area contributed by atoms with Crippen LogP contribution in [0.15, 0.2) is 48.5 Å². The molecule has 0 radical (unpaired) electrons. The molecule has 1 saturated heterocycles. The van der Waals surface area contributed by atoms with Crippen molar-refractivity contribution >= 4 is 17.8 Å². The number of amides is 2. The first-order chi connectivity index (χ1) is 16.1. The number of ether oxygens (including phenoxy) is 1. The Kier molecular flexibility index (Phi) is 8.13. The SMILES string of the molecule is CC(C)[C@H](NC(=O)c1ccc(C(C)(C)C)cc1)C(=O)OCc1ccc(C(=O)N2CCCC2)cc1. The van der Waals surface area contributed by atoms with Gasteiger partial charge >= 0.3 is 5.97 Å². The summed E-state index contributed by atoms with van der Waals surface area (Å²) >= 11 is 0. The molecule has 2 aromatic carbocycles. The molecule has 182 valence electrons. The minimum atomic E-state index is -0.759. The Morgan fingerprint density at radius 2 is 1.47 bits per heavy atom. The van der Waals surface area contributed by atoms with Crippen LogP contribution in [0.4, 0.5) is 0 Å². The van der Waals surface area contributed by atoms with E-state index in [0.29, 0.717) is 11.1 Å². The van der Waals surface area contributed by atoms with E-state index < -0.39 is 12.0 Å². The van der Waals surface area contributed by atoms with Crippen LogP contribution in [0.3, 0.4) is 0 Å². The summed E-state index contributed by atoms with van der Waals surface area (Å²) in [6, 6.07) is 13.8. The zero-order valence-electron chi connectivity index (χ0n) is 20.9. The predicted molar refractivity (Wildman–Crippen MR) is 133 cm³/mol. The lowest BCUT2D eigenvalue weighted by Crippen LogP contribution is -2.45. The summed E-state index contributed by atoms with van der Waals surface area (Å²) in [5.74, 6) is -0.877. The lowest BCUT2D eigenvalue weighted by Gasteiger charge is -2.22. The molecule has 1 heterocycles. The number of carbonyl (C=O) groups excluding carboxylic acids is 3. The number of hydrogen-bond donors (Lipinski definition) is 1. The van der Waals surface area contributed by atoms with Gasteiger partial charge in [-0.15, -0.1) is 0 Å². The fraction of sp³-hybridized carbons (Fsp3) is 0.464. The molecule has 0 bridgehead atoms. The quantitative estimate of drug-likeness (QED) is 0.602. The van der Waals surface area contributed by atoms with Crippen LogP contribution in [0, 0.1) is 5.92 Å². The van der Waals surface area contributed by atoms with E-state index >= 15 is 0 Å². The standard InChI is InChI=1S/C28H36N2O4/c1-19(2)24(29-25(31)21-12-14-23(15-13-21)28(3,4)5)27(33)34-18-20-8-10-22(11-9-20)26(32)30-16-6-7-17-30/h8-15,19,24H,6-7,16-18H2,1-5H3,(H,29,31)/t24-/m0/s1. The first kappa shape index (κ1) is 25.5. The first-order valence-corrected chi connectivity index (χ1v) is 12.0. The van der Waals surface area contributed by atoms with Gasteiger partial charge in [0.2, 0.25) is 0 Å². The third kappa shape index (κ3) is 6.46. The van der Waals surface area contributed by atoms with E-state index in [0.717, 1.165) is 37.1 Å². The summed E-state index contributed by atoms with van der Waals surface area (Å²) < 4.78 is 5.50. The minimum Gasteiger partial charge on any atom is -0.459 e. The van der Waals surface area contributed by atoms with E-state index in [-0.39, 0.29) is 29.8 Å². The van der Waals surface area contributed by atoms with Crippen LogP contribution in [0.1, 0.15) is 79.3 Å². The lowest BCUT2D eigenvalue weighted by atomic mass is 9.86. The number of nitrogens with zero attached hydrogens (tertiary/aromatic N) is 1. The smallest absolute Gasteiger partial charge is 0.329 e. The topological polar surface area (TPSA) is 75.7 Å². The van der Waals surface area contributed by atoms with E-state index in [1.54, 1.807) is 36.4 Å². The number of benzene rings is 2. The van der Waals surface area contributed by atoms with Crippen molar-refractivity contribution in [3.05, 3.63) is 70.8 Å². The summed E-state index contributed by atoms with van der Waals surface area (Å²) in [5.41, 5.74) is 3.07. The highest BCUT2D eigenvalue weighted by Gasteiger charge is 2.26. The van der Waals surface area contributed by atoms with Gasteiger partial charge in [-0.2, -0.15) is 0 Å². The van der Waals surface area contributed by atoms with Gasteiger partial charge in [0.1, 0.15) is 12.6 Å². The van der Waals surface area contributed by atoms with E-state index in [4.69, 9.17) is 4.74 Å². The molecule has 0 aromatic heterocycles. The molecule has 2 aromatic rings. The molecule has 0 aliphatic carbocycles. The van der Waals surface area contributed by atoms with Gasteiger partial charge in [0.15, 0.2) is 0 Å². The van der Waals surface area contributed by atoms with E-state index in [1.807, 2.05) is 30.9 Å². The van der Waals surface area contributed by atoms with Gasteiger partial charge in [-0.3, -0.25) is 9.59 Å². The average molecular weight is 465 g/mol. The van der Waals surface area contributed by atoms with E-state index in [2.05, 4.69) is 26.1 Å². The average Bonchev–Trinajstić information content (AvgIpc) is 3.35. The Labute approximate surface area is 202 Å². The monoisotopic (exact) mass is 464 g/mol. The normalized spacial score (nSPS) is 14.7. The highest BCUT2D eigenvalue weighted by atomic mass is 16.5. The van der Waals surface area contributed by atoms with Crippen molar-refractivity contribution in [3.8, 4) is 0 Å². The molecule has 1 N–H and O–H groups in total. The summed E-state index contributed by atoms with van der Waals surface area (Å²) in [4.78, 5) is 39.9. The Balaban J connectivity index is 1.57. The zero-order valence-corrected chi connectivity index (χ0v) is 20.9. The number of rotatable bonds is 7. The van der Waals surface area contributed by atoms with Gasteiger partial charge in [0, 0.05) is 24.2 Å². The van der Waals surface area contributed by atoms with E-state index in [9.17, 15) is 14.4 Å². The van der Waals surface area contributed by atoms with Crippen LogP contribution < -0.4 is 5.32 Å². The second kappa shape index (κ2) is 10.9. The molecular weight excluding hydrogens is 428 g/mol. The predicted octanol–water partition coefficient (Wildman–Crippen LogP) is 4.72. The second-order valence-corrected chi connectivity index (χ2v) is 10.3. The van der Waals surface area contributed by atoms with Crippen LogP contribution in [0.25, 0.3) is 0 Å². The maximum atomic E-state index is 12.8. The molecule has 1 fully saturated rings. The fourth-order valence-electron chi connectivity index (χ4n) is 3.93. The molecule has 1 atom stereocenters. The van der Waals surface area contributed by atoms with Gasteiger partial charge in [-0.05, 0) is 59.6 Å². The number of likely N-dealkylation sites (tertiary alicyclic amines) is 1. The Morgan fingerprint density at radius 1 is 0.912 bits per heavy atom. The zero-order chi connectivity index (χ0) is 24.9. The number of nitrogens with one attached hydrogen (secondary N) is 1. The highest BCUT2D eigenvalue weighted by Crippen LogP contribution is 2.22. The minimum absolute atomic E-state index is 0.00104. The Morgan fingerprint density at radius 3 is 2.00 bits per heavy atom. The molecule has 0 unspecified atom stereocenters. The molecule has 3 rings (SSSR count). The Hall–Kier alpha value is -3.15. The van der Waals surface area contributed by atoms with Gasteiger partial charge in [-0.1, -0.05) is 58.9 Å². The van der Waals surface area contributed by atoms with E-state index in [1.165, 1.54) is 0 Å². The van der Waals surface area contributed by atoms with Gasteiger partial charge < -0.3 is 15.0 Å². The number of hydrogen-bond acceptors (Lipinski definition) is 4. The van der Waals surface area contributed by atoms with Crippen molar-refractivity contribution in [1.29, 1.82) is 0 Å². The molecule has 0 saturated carbocycles. The second-order valence-electron chi connectivity index (χ2n) is 10.3. The van der Waals surface area contributed by atoms with Crippen LogP contribution in [-0.4, -0.2) is 41.8 Å². The molecule has 1 aliphatic heterocycles. The molecule has 0 spiro atoms. The highest BCUT2D eigenvalue weighted by molar-refractivity contribution is 5.97. The third-order valence-corrected chi connectivity index (χ3v) is 6.20. The molecule has 1 aliphatic rings. The fourth-order valence-corrected chi connectivity index (χ4v) is 3.93. The maximum absolute atomic E-state index is 12.8. The van der Waals surface area contributed by atoms with Crippen molar-refractivity contribution in [2.24, 2.45) is 5.92 Å². The number of carbonyl (C=O) groups is 3. The van der Waals surface area contributed by atoms with Crippen molar-refractivity contribution in [1.82, 2.24) is 10.2 Å². The van der Waals surface area contributed by atoms with Crippen molar-refractivity contribution in [3.63, 3.8) is 0 Å². The van der Waals surface area contributed by atoms with Crippen molar-refractivity contribution in [2.45, 2.75) is 65.5 Å². The molecular formula is C28H36N2O4. The third-order valence-electron chi connectivity index (χ3n) is 6.20. The first-order valence-electron chi connectivity index (χ1n) is 12.0. The summed E-state index contributed by atoms with van der Waals surface area (Å²) in [6.45, 7) is 11.8. The molecule has 2 amide bonds. The molecule has 6 heteroatoms. The largest absolute Gasteiger partial charge is 0.459 e. The van der Waals surface area contributed by atoms with Gasteiger partial charge in [0.05, 0.1) is 0 Å². The Bertz CT molecular complexity index is 998. The van der Waals surface area contributed by atoms with Gasteiger partial charge in [0.25, 0.3) is 11.8 Å². The van der Waals surface area contributed by atoms with Crippen LogP contribution in [0.2, 0.25) is 0 Å². The maximum Gasteiger partial charge on any atom is 0.329 e. The van der Waals surface area contributed by atoms with Crippen LogP contribution in [0.5, 0.6) is 0 Å². The lowest BCUT2D eigenvalue weighted by molar-refractivity contribution is -0.148. The van der Waals surface area contributed by atoms with Gasteiger partial charge in [-0.25, -0.2) is 4.79 Å².